The zero-order valence-corrected chi connectivity index (χ0v) is 13.3. The molecule has 112 valence electrons. The number of carbonyl (C=O) groups excluding carboxylic acids is 1. The number of hydrogen-bond acceptors (Lipinski definition) is 5. The lowest BCUT2D eigenvalue weighted by Crippen LogP contribution is -2.25. The van der Waals surface area contributed by atoms with Crippen LogP contribution in [0, 0.1) is 0 Å². The molecule has 0 bridgehead atoms. The van der Waals surface area contributed by atoms with Crippen molar-refractivity contribution in [1.29, 1.82) is 0 Å². The summed E-state index contributed by atoms with van der Waals surface area (Å²) < 4.78 is 5.59. The molecule has 0 aliphatic rings. The van der Waals surface area contributed by atoms with E-state index in [4.69, 9.17) is 16.0 Å². The second kappa shape index (κ2) is 6.29. The Morgan fingerprint density at radius 2 is 2.05 bits per heavy atom. The van der Waals surface area contributed by atoms with E-state index in [1.54, 1.807) is 18.5 Å². The van der Waals surface area contributed by atoms with Gasteiger partial charge >= 0.3 is 0 Å². The predicted molar refractivity (Wildman–Crippen MR) is 84.9 cm³/mol. The summed E-state index contributed by atoms with van der Waals surface area (Å²) in [5.74, 6) is 0.646. The first-order valence-corrected chi connectivity index (χ1v) is 7.77. The number of benzene rings is 1. The maximum atomic E-state index is 12.3. The molecule has 0 saturated carbocycles. The number of carbonyl (C=O) groups is 1. The second-order valence-corrected chi connectivity index (χ2v) is 5.95. The standard InChI is InChI=1S/C15H12ClN3O2S/c1-19(15(20)13-11(16)7-8-22-13)9-12-17-18-14(21-12)10-5-3-2-4-6-10/h2-8H,9H2,1H3. The van der Waals surface area contributed by atoms with Gasteiger partial charge in [0.05, 0.1) is 11.6 Å². The summed E-state index contributed by atoms with van der Waals surface area (Å²) in [5.41, 5.74) is 0.844. The molecule has 3 aromatic rings. The predicted octanol–water partition coefficient (Wildman–Crippen LogP) is 3.72. The molecule has 22 heavy (non-hydrogen) atoms. The Morgan fingerprint density at radius 3 is 2.73 bits per heavy atom. The molecule has 0 radical (unpaired) electrons. The fourth-order valence-electron chi connectivity index (χ4n) is 1.91. The molecule has 0 atom stereocenters. The average molecular weight is 334 g/mol. The van der Waals surface area contributed by atoms with Gasteiger partial charge in [0.1, 0.15) is 4.88 Å². The third-order valence-electron chi connectivity index (χ3n) is 3.02. The Morgan fingerprint density at radius 1 is 1.27 bits per heavy atom. The Kier molecular flexibility index (Phi) is 4.22. The van der Waals surface area contributed by atoms with Crippen molar-refractivity contribution in [2.45, 2.75) is 6.54 Å². The van der Waals surface area contributed by atoms with E-state index in [1.807, 2.05) is 30.3 Å². The van der Waals surface area contributed by atoms with Gasteiger partial charge in [-0.3, -0.25) is 4.79 Å². The highest BCUT2D eigenvalue weighted by Gasteiger charge is 2.19. The number of amides is 1. The zero-order chi connectivity index (χ0) is 15.5. The third-order valence-corrected chi connectivity index (χ3v) is 4.35. The Labute approximate surface area is 136 Å². The van der Waals surface area contributed by atoms with E-state index >= 15 is 0 Å². The van der Waals surface area contributed by atoms with Crippen molar-refractivity contribution in [2.75, 3.05) is 7.05 Å². The summed E-state index contributed by atoms with van der Waals surface area (Å²) in [6, 6.07) is 11.2. The molecule has 1 amide bonds. The lowest BCUT2D eigenvalue weighted by atomic mass is 10.2. The lowest BCUT2D eigenvalue weighted by molar-refractivity contribution is 0.0778. The number of aromatic nitrogens is 2. The van der Waals surface area contributed by atoms with Crippen LogP contribution >= 0.6 is 22.9 Å². The summed E-state index contributed by atoms with van der Waals surface area (Å²) in [4.78, 5) is 14.3. The fourth-order valence-corrected chi connectivity index (χ4v) is 3.04. The molecule has 0 fully saturated rings. The van der Waals surface area contributed by atoms with Crippen molar-refractivity contribution in [3.05, 3.63) is 57.6 Å². The van der Waals surface area contributed by atoms with Gasteiger partial charge in [0.2, 0.25) is 11.8 Å². The van der Waals surface area contributed by atoms with Gasteiger partial charge in [-0.05, 0) is 23.6 Å². The molecular formula is C15H12ClN3O2S. The van der Waals surface area contributed by atoms with Crippen LogP contribution < -0.4 is 0 Å². The first-order valence-electron chi connectivity index (χ1n) is 6.51. The third kappa shape index (κ3) is 3.03. The Hall–Kier alpha value is -2.18. The van der Waals surface area contributed by atoms with Crippen molar-refractivity contribution in [1.82, 2.24) is 15.1 Å². The van der Waals surface area contributed by atoms with E-state index in [1.165, 1.54) is 16.2 Å². The highest BCUT2D eigenvalue weighted by atomic mass is 35.5. The van der Waals surface area contributed by atoms with Crippen LogP contribution in [0.3, 0.4) is 0 Å². The maximum absolute atomic E-state index is 12.3. The Bertz CT molecular complexity index is 785. The first-order chi connectivity index (χ1) is 10.6. The van der Waals surface area contributed by atoms with Crippen molar-refractivity contribution in [2.24, 2.45) is 0 Å². The quantitative estimate of drug-likeness (QED) is 0.730. The molecule has 2 aromatic heterocycles. The van der Waals surface area contributed by atoms with E-state index in [0.717, 1.165) is 5.56 Å². The van der Waals surface area contributed by atoms with Crippen LogP contribution in [-0.2, 0) is 6.54 Å². The zero-order valence-electron chi connectivity index (χ0n) is 11.7. The number of thiophene rings is 1. The van der Waals surface area contributed by atoms with Crippen LogP contribution in [0.2, 0.25) is 5.02 Å². The van der Waals surface area contributed by atoms with Gasteiger partial charge in [0.25, 0.3) is 5.91 Å². The molecule has 5 nitrogen and oxygen atoms in total. The van der Waals surface area contributed by atoms with Crippen LogP contribution in [0.25, 0.3) is 11.5 Å². The number of nitrogens with zero attached hydrogens (tertiary/aromatic N) is 3. The topological polar surface area (TPSA) is 59.2 Å². The van der Waals surface area contributed by atoms with E-state index in [2.05, 4.69) is 10.2 Å². The van der Waals surface area contributed by atoms with E-state index in [9.17, 15) is 4.79 Å². The monoisotopic (exact) mass is 333 g/mol. The van der Waals surface area contributed by atoms with Crippen molar-refractivity contribution in [3.63, 3.8) is 0 Å². The molecule has 0 unspecified atom stereocenters. The summed E-state index contributed by atoms with van der Waals surface area (Å²) in [6.07, 6.45) is 0. The number of rotatable bonds is 4. The largest absolute Gasteiger partial charge is 0.419 e. The summed E-state index contributed by atoms with van der Waals surface area (Å²) in [5, 5.41) is 10.2. The van der Waals surface area contributed by atoms with Gasteiger partial charge < -0.3 is 9.32 Å². The van der Waals surface area contributed by atoms with Crippen LogP contribution in [-0.4, -0.2) is 28.1 Å². The molecule has 3 rings (SSSR count). The maximum Gasteiger partial charge on any atom is 0.265 e. The molecule has 1 aromatic carbocycles. The fraction of sp³-hybridized carbons (Fsp3) is 0.133. The average Bonchev–Trinajstić information content (AvgIpc) is 3.16. The van der Waals surface area contributed by atoms with Crippen molar-refractivity contribution >= 4 is 28.8 Å². The van der Waals surface area contributed by atoms with Gasteiger partial charge in [-0.1, -0.05) is 29.8 Å². The number of hydrogen-bond donors (Lipinski definition) is 0. The van der Waals surface area contributed by atoms with E-state index in [-0.39, 0.29) is 12.5 Å². The van der Waals surface area contributed by atoms with Crippen LogP contribution in [0.5, 0.6) is 0 Å². The summed E-state index contributed by atoms with van der Waals surface area (Å²) >= 11 is 7.29. The van der Waals surface area contributed by atoms with Crippen LogP contribution in [0.1, 0.15) is 15.6 Å². The Balaban J connectivity index is 1.73. The molecule has 0 N–H and O–H groups in total. The minimum absolute atomic E-state index is 0.167. The molecular weight excluding hydrogens is 322 g/mol. The van der Waals surface area contributed by atoms with Gasteiger partial charge in [-0.15, -0.1) is 21.5 Å². The smallest absolute Gasteiger partial charge is 0.265 e. The highest BCUT2D eigenvalue weighted by molar-refractivity contribution is 7.12. The van der Waals surface area contributed by atoms with Crippen LogP contribution in [0.4, 0.5) is 0 Å². The highest BCUT2D eigenvalue weighted by Crippen LogP contribution is 2.24. The summed E-state index contributed by atoms with van der Waals surface area (Å²) in [7, 11) is 1.67. The molecule has 7 heteroatoms. The minimum Gasteiger partial charge on any atom is -0.419 e. The van der Waals surface area contributed by atoms with Gasteiger partial charge in [0.15, 0.2) is 0 Å². The second-order valence-electron chi connectivity index (χ2n) is 4.63. The van der Waals surface area contributed by atoms with Crippen molar-refractivity contribution in [3.8, 4) is 11.5 Å². The molecule has 0 saturated heterocycles. The molecule has 2 heterocycles. The number of halogens is 1. The summed E-state index contributed by atoms with van der Waals surface area (Å²) in [6.45, 7) is 0.229. The SMILES string of the molecule is CN(Cc1nnc(-c2ccccc2)o1)C(=O)c1sccc1Cl. The normalized spacial score (nSPS) is 10.6. The van der Waals surface area contributed by atoms with Gasteiger partial charge in [-0.2, -0.15) is 0 Å². The van der Waals surface area contributed by atoms with E-state index in [0.29, 0.717) is 21.7 Å². The van der Waals surface area contributed by atoms with Gasteiger partial charge in [0, 0.05) is 12.6 Å². The lowest BCUT2D eigenvalue weighted by Gasteiger charge is -2.13. The molecule has 0 aliphatic carbocycles. The van der Waals surface area contributed by atoms with Gasteiger partial charge in [-0.25, -0.2) is 0 Å². The van der Waals surface area contributed by atoms with Crippen LogP contribution in [0.15, 0.2) is 46.2 Å². The molecule has 0 spiro atoms. The molecule has 0 aliphatic heterocycles. The van der Waals surface area contributed by atoms with Crippen molar-refractivity contribution < 1.29 is 9.21 Å². The minimum atomic E-state index is -0.167. The van der Waals surface area contributed by atoms with E-state index < -0.39 is 0 Å². The first kappa shape index (κ1) is 14.7.